The van der Waals surface area contributed by atoms with E-state index in [2.05, 4.69) is 69.2 Å². The van der Waals surface area contributed by atoms with E-state index in [1.165, 1.54) is 38.2 Å². The highest BCUT2D eigenvalue weighted by Gasteiger charge is 2.23. The molecule has 1 N–H and O–H groups in total. The van der Waals surface area contributed by atoms with E-state index >= 15 is 0 Å². The minimum absolute atomic E-state index is 0. The van der Waals surface area contributed by atoms with Gasteiger partial charge in [0.25, 0.3) is 0 Å². The Morgan fingerprint density at radius 1 is 1.11 bits per heavy atom. The third kappa shape index (κ3) is 6.79. The highest BCUT2D eigenvalue weighted by Crippen LogP contribution is 2.18. The van der Waals surface area contributed by atoms with Crippen molar-refractivity contribution in [1.82, 2.24) is 15.1 Å². The standard InChI is InChI=1S/C22H37N5.HI/c1-19(2)17-25-11-7-8-20(18-25)16-24-22(23-3)27-14-12-26(13-15-27)21-9-5-4-6-10-21;/h4-6,9-10,19-20H,7-8,11-18H2,1-3H3,(H,23,24);1H. The number of aliphatic imine (C=N–C) groups is 1. The zero-order chi connectivity index (χ0) is 19.1. The molecule has 1 aromatic carbocycles. The molecule has 0 aliphatic carbocycles. The summed E-state index contributed by atoms with van der Waals surface area (Å²) in [6.07, 6.45) is 2.66. The number of hydrogen-bond acceptors (Lipinski definition) is 3. The predicted octanol–water partition coefficient (Wildman–Crippen LogP) is 3.37. The zero-order valence-electron chi connectivity index (χ0n) is 17.8. The normalized spacial score (nSPS) is 21.6. The molecule has 0 saturated carbocycles. The lowest BCUT2D eigenvalue weighted by Gasteiger charge is -2.38. The second kappa shape index (κ2) is 11.9. The van der Waals surface area contributed by atoms with E-state index in [0.717, 1.165) is 50.5 Å². The van der Waals surface area contributed by atoms with Gasteiger partial charge < -0.3 is 20.0 Å². The van der Waals surface area contributed by atoms with E-state index < -0.39 is 0 Å². The quantitative estimate of drug-likeness (QED) is 0.383. The molecule has 1 unspecified atom stereocenters. The molecule has 0 aromatic heterocycles. The summed E-state index contributed by atoms with van der Waals surface area (Å²) in [4.78, 5) is 12.1. The van der Waals surface area contributed by atoms with Crippen molar-refractivity contribution in [3.8, 4) is 0 Å². The van der Waals surface area contributed by atoms with Gasteiger partial charge in [0.2, 0.25) is 0 Å². The molecule has 1 aromatic rings. The van der Waals surface area contributed by atoms with Crippen molar-refractivity contribution in [2.24, 2.45) is 16.8 Å². The van der Waals surface area contributed by atoms with E-state index in [9.17, 15) is 0 Å². The first-order valence-corrected chi connectivity index (χ1v) is 10.6. The van der Waals surface area contributed by atoms with Crippen LogP contribution in [0, 0.1) is 11.8 Å². The maximum absolute atomic E-state index is 4.56. The average Bonchev–Trinajstić information content (AvgIpc) is 2.69. The van der Waals surface area contributed by atoms with E-state index in [-0.39, 0.29) is 24.0 Å². The van der Waals surface area contributed by atoms with Crippen molar-refractivity contribution < 1.29 is 0 Å². The maximum atomic E-state index is 4.56. The molecule has 2 aliphatic rings. The Hall–Kier alpha value is -1.02. The summed E-state index contributed by atoms with van der Waals surface area (Å²) in [7, 11) is 1.91. The van der Waals surface area contributed by atoms with Crippen LogP contribution in [0.2, 0.25) is 0 Å². The van der Waals surface area contributed by atoms with Crippen LogP contribution >= 0.6 is 24.0 Å². The topological polar surface area (TPSA) is 34.1 Å². The number of rotatable bonds is 5. The molecule has 0 radical (unpaired) electrons. The maximum Gasteiger partial charge on any atom is 0.193 e. The Morgan fingerprint density at radius 3 is 2.46 bits per heavy atom. The summed E-state index contributed by atoms with van der Waals surface area (Å²) in [5, 5.41) is 3.67. The van der Waals surface area contributed by atoms with Gasteiger partial charge in [0, 0.05) is 58.5 Å². The Kier molecular flexibility index (Phi) is 9.85. The van der Waals surface area contributed by atoms with Crippen LogP contribution in [0.5, 0.6) is 0 Å². The minimum atomic E-state index is 0. The summed E-state index contributed by atoms with van der Waals surface area (Å²) in [6, 6.07) is 10.7. The molecular formula is C22H38IN5. The molecular weight excluding hydrogens is 461 g/mol. The van der Waals surface area contributed by atoms with Crippen LogP contribution in [0.3, 0.4) is 0 Å². The van der Waals surface area contributed by atoms with Crippen molar-refractivity contribution in [3.63, 3.8) is 0 Å². The lowest BCUT2D eigenvalue weighted by atomic mass is 9.97. The fourth-order valence-electron chi connectivity index (χ4n) is 4.38. The predicted molar refractivity (Wildman–Crippen MR) is 131 cm³/mol. The molecule has 3 rings (SSSR count). The number of piperidine rings is 1. The van der Waals surface area contributed by atoms with Gasteiger partial charge in [-0.3, -0.25) is 4.99 Å². The molecule has 28 heavy (non-hydrogen) atoms. The number of piperazine rings is 1. The highest BCUT2D eigenvalue weighted by molar-refractivity contribution is 14.0. The van der Waals surface area contributed by atoms with Crippen molar-refractivity contribution in [1.29, 1.82) is 0 Å². The number of nitrogens with zero attached hydrogens (tertiary/aromatic N) is 4. The molecule has 2 aliphatic heterocycles. The van der Waals surface area contributed by atoms with Crippen LogP contribution in [-0.2, 0) is 0 Å². The van der Waals surface area contributed by atoms with E-state index in [0.29, 0.717) is 0 Å². The van der Waals surface area contributed by atoms with E-state index in [1.54, 1.807) is 0 Å². The first kappa shape index (κ1) is 23.3. The average molecular weight is 499 g/mol. The number of anilines is 1. The van der Waals surface area contributed by atoms with Crippen molar-refractivity contribution >= 4 is 35.6 Å². The lowest BCUT2D eigenvalue weighted by molar-refractivity contribution is 0.159. The van der Waals surface area contributed by atoms with Gasteiger partial charge in [0.1, 0.15) is 0 Å². The first-order valence-electron chi connectivity index (χ1n) is 10.6. The number of guanidine groups is 1. The number of hydrogen-bond donors (Lipinski definition) is 1. The van der Waals surface area contributed by atoms with Crippen LogP contribution in [0.15, 0.2) is 35.3 Å². The highest BCUT2D eigenvalue weighted by atomic mass is 127. The van der Waals surface area contributed by atoms with Gasteiger partial charge in [0.15, 0.2) is 5.96 Å². The van der Waals surface area contributed by atoms with Crippen LogP contribution in [0.25, 0.3) is 0 Å². The molecule has 2 saturated heterocycles. The van der Waals surface area contributed by atoms with Crippen LogP contribution < -0.4 is 10.2 Å². The second-order valence-electron chi connectivity index (χ2n) is 8.40. The molecule has 158 valence electrons. The second-order valence-corrected chi connectivity index (χ2v) is 8.40. The largest absolute Gasteiger partial charge is 0.368 e. The number of nitrogens with one attached hydrogen (secondary N) is 1. The molecule has 2 fully saturated rings. The van der Waals surface area contributed by atoms with E-state index in [4.69, 9.17) is 0 Å². The van der Waals surface area contributed by atoms with Crippen LogP contribution in [-0.4, -0.2) is 75.2 Å². The third-order valence-corrected chi connectivity index (χ3v) is 5.69. The van der Waals surface area contributed by atoms with Gasteiger partial charge in [-0.2, -0.15) is 0 Å². The summed E-state index contributed by atoms with van der Waals surface area (Å²) in [6.45, 7) is 13.6. The lowest BCUT2D eigenvalue weighted by Crippen LogP contribution is -2.53. The molecule has 0 amide bonds. The first-order chi connectivity index (χ1) is 13.2. The van der Waals surface area contributed by atoms with Gasteiger partial charge in [-0.15, -0.1) is 24.0 Å². The van der Waals surface area contributed by atoms with Crippen LogP contribution in [0.1, 0.15) is 26.7 Å². The van der Waals surface area contributed by atoms with Gasteiger partial charge in [0.05, 0.1) is 0 Å². The Bertz CT molecular complexity index is 584. The van der Waals surface area contributed by atoms with E-state index in [1.807, 2.05) is 7.05 Å². The molecule has 5 nitrogen and oxygen atoms in total. The summed E-state index contributed by atoms with van der Waals surface area (Å²) in [5.74, 6) is 2.56. The fraction of sp³-hybridized carbons (Fsp3) is 0.682. The molecule has 2 heterocycles. The Morgan fingerprint density at radius 2 is 1.82 bits per heavy atom. The minimum Gasteiger partial charge on any atom is -0.368 e. The Labute approximate surface area is 188 Å². The zero-order valence-corrected chi connectivity index (χ0v) is 20.1. The van der Waals surface area contributed by atoms with Gasteiger partial charge in [-0.1, -0.05) is 32.0 Å². The van der Waals surface area contributed by atoms with Crippen molar-refractivity contribution in [3.05, 3.63) is 30.3 Å². The molecule has 0 spiro atoms. The van der Waals surface area contributed by atoms with Gasteiger partial charge >= 0.3 is 0 Å². The number of likely N-dealkylation sites (tertiary alicyclic amines) is 1. The smallest absolute Gasteiger partial charge is 0.193 e. The van der Waals surface area contributed by atoms with Crippen molar-refractivity contribution in [2.75, 3.05) is 64.3 Å². The third-order valence-electron chi connectivity index (χ3n) is 5.69. The van der Waals surface area contributed by atoms with Crippen LogP contribution in [0.4, 0.5) is 5.69 Å². The summed E-state index contributed by atoms with van der Waals surface area (Å²) < 4.78 is 0. The molecule has 6 heteroatoms. The SMILES string of the molecule is CN=C(NCC1CCCN(CC(C)C)C1)N1CCN(c2ccccc2)CC1.I. The summed E-state index contributed by atoms with van der Waals surface area (Å²) >= 11 is 0. The molecule has 0 bridgehead atoms. The summed E-state index contributed by atoms with van der Waals surface area (Å²) in [5.41, 5.74) is 1.33. The van der Waals surface area contributed by atoms with Gasteiger partial charge in [-0.25, -0.2) is 0 Å². The van der Waals surface area contributed by atoms with Crippen molar-refractivity contribution in [2.45, 2.75) is 26.7 Å². The Balaban J connectivity index is 0.00000280. The fourth-order valence-corrected chi connectivity index (χ4v) is 4.38. The number of benzene rings is 1. The molecule has 1 atom stereocenters. The number of halogens is 1. The monoisotopic (exact) mass is 499 g/mol. The number of para-hydroxylation sites is 1. The van der Waals surface area contributed by atoms with Gasteiger partial charge in [-0.05, 0) is 43.4 Å².